The minimum Gasteiger partial charge on any atom is -0.494 e. The molecule has 0 heterocycles. The molecule has 0 bridgehead atoms. The van der Waals surface area contributed by atoms with Gasteiger partial charge in [-0.05, 0) is 25.1 Å². The van der Waals surface area contributed by atoms with Gasteiger partial charge in [0.15, 0.2) is 11.6 Å². The van der Waals surface area contributed by atoms with Crippen molar-refractivity contribution in [3.8, 4) is 5.75 Å². The van der Waals surface area contributed by atoms with Crippen molar-refractivity contribution in [2.24, 2.45) is 0 Å². The van der Waals surface area contributed by atoms with Crippen molar-refractivity contribution in [2.75, 3.05) is 12.4 Å². The van der Waals surface area contributed by atoms with Crippen LogP contribution in [0.4, 0.5) is 14.5 Å². The molecule has 4 heteroatoms. The average Bonchev–Trinajstić information content (AvgIpc) is 2.39. The normalized spacial score (nSPS) is 12.0. The summed E-state index contributed by atoms with van der Waals surface area (Å²) in [5.41, 5.74) is 1.12. The van der Waals surface area contributed by atoms with Gasteiger partial charge in [0.05, 0.1) is 13.2 Å². The molecule has 0 aromatic heterocycles. The molecule has 0 spiro atoms. The topological polar surface area (TPSA) is 21.3 Å². The van der Waals surface area contributed by atoms with E-state index in [2.05, 4.69) is 5.32 Å². The second kappa shape index (κ2) is 5.69. The Kier molecular flexibility index (Phi) is 4.00. The number of benzene rings is 2. The van der Waals surface area contributed by atoms with E-state index in [4.69, 9.17) is 4.74 Å². The van der Waals surface area contributed by atoms with Crippen molar-refractivity contribution in [3.05, 3.63) is 59.7 Å². The minimum absolute atomic E-state index is 0.184. The monoisotopic (exact) mass is 263 g/mol. The van der Waals surface area contributed by atoms with Gasteiger partial charge in [-0.15, -0.1) is 0 Å². The summed E-state index contributed by atoms with van der Waals surface area (Å²) in [6, 6.07) is 10.8. The van der Waals surface area contributed by atoms with Crippen LogP contribution in [0.15, 0.2) is 42.5 Å². The van der Waals surface area contributed by atoms with Crippen molar-refractivity contribution >= 4 is 5.69 Å². The van der Waals surface area contributed by atoms with Crippen molar-refractivity contribution < 1.29 is 13.5 Å². The Morgan fingerprint density at radius 2 is 1.79 bits per heavy atom. The number of methoxy groups -OCH3 is 1. The molecular weight excluding hydrogens is 248 g/mol. The van der Waals surface area contributed by atoms with Gasteiger partial charge in [-0.25, -0.2) is 8.78 Å². The van der Waals surface area contributed by atoms with Gasteiger partial charge >= 0.3 is 0 Å². The second-order valence-electron chi connectivity index (χ2n) is 4.24. The number of nitrogens with one attached hydrogen (secondary N) is 1. The van der Waals surface area contributed by atoms with Crippen LogP contribution in [0, 0.1) is 11.6 Å². The summed E-state index contributed by atoms with van der Waals surface area (Å²) in [5.74, 6) is -0.547. The summed E-state index contributed by atoms with van der Waals surface area (Å²) in [5, 5.41) is 3.06. The zero-order valence-electron chi connectivity index (χ0n) is 10.8. The van der Waals surface area contributed by atoms with Crippen LogP contribution in [0.3, 0.4) is 0 Å². The van der Waals surface area contributed by atoms with Gasteiger partial charge in [0.2, 0.25) is 0 Å². The second-order valence-corrected chi connectivity index (χ2v) is 4.24. The van der Waals surface area contributed by atoms with Gasteiger partial charge in [0.25, 0.3) is 0 Å². The average molecular weight is 263 g/mol. The summed E-state index contributed by atoms with van der Waals surface area (Å²) in [4.78, 5) is 0. The fourth-order valence-corrected chi connectivity index (χ4v) is 1.91. The van der Waals surface area contributed by atoms with E-state index in [1.807, 2.05) is 6.92 Å². The molecule has 2 aromatic rings. The number of hydrogen-bond donors (Lipinski definition) is 1. The molecule has 0 aliphatic heterocycles. The Hall–Kier alpha value is -2.10. The molecule has 1 atom stereocenters. The van der Waals surface area contributed by atoms with Crippen LogP contribution in [0.25, 0.3) is 0 Å². The highest BCUT2D eigenvalue weighted by Crippen LogP contribution is 2.25. The highest BCUT2D eigenvalue weighted by atomic mass is 19.1. The first-order valence-corrected chi connectivity index (χ1v) is 5.96. The van der Waals surface area contributed by atoms with Crippen molar-refractivity contribution in [1.82, 2.24) is 0 Å². The van der Waals surface area contributed by atoms with Gasteiger partial charge in [0.1, 0.15) is 5.82 Å². The summed E-state index contributed by atoms with van der Waals surface area (Å²) < 4.78 is 32.0. The number of hydrogen-bond acceptors (Lipinski definition) is 2. The lowest BCUT2D eigenvalue weighted by Gasteiger charge is -2.16. The molecule has 19 heavy (non-hydrogen) atoms. The first kappa shape index (κ1) is 13.3. The van der Waals surface area contributed by atoms with Gasteiger partial charge in [-0.1, -0.05) is 18.2 Å². The van der Waals surface area contributed by atoms with Crippen molar-refractivity contribution in [2.45, 2.75) is 13.0 Å². The lowest BCUT2D eigenvalue weighted by atomic mass is 10.1. The molecule has 0 aliphatic rings. The third-order valence-electron chi connectivity index (χ3n) is 2.91. The Morgan fingerprint density at radius 3 is 2.42 bits per heavy atom. The third kappa shape index (κ3) is 3.02. The summed E-state index contributed by atoms with van der Waals surface area (Å²) in [6.45, 7) is 1.82. The van der Waals surface area contributed by atoms with E-state index in [9.17, 15) is 8.78 Å². The molecule has 0 radical (unpaired) electrons. The Morgan fingerprint density at radius 1 is 1.05 bits per heavy atom. The van der Waals surface area contributed by atoms with E-state index in [0.29, 0.717) is 11.3 Å². The predicted octanol–water partition coefficient (Wildman–Crippen LogP) is 4.15. The molecular formula is C15H15F2NO. The maximum absolute atomic E-state index is 13.6. The van der Waals surface area contributed by atoms with Gasteiger partial charge in [-0.3, -0.25) is 0 Å². The first-order chi connectivity index (χ1) is 9.11. The lowest BCUT2D eigenvalue weighted by Crippen LogP contribution is -2.08. The number of ether oxygens (including phenoxy) is 1. The Balaban J connectivity index is 2.17. The molecule has 2 aromatic carbocycles. The van der Waals surface area contributed by atoms with E-state index in [1.54, 1.807) is 24.3 Å². The van der Waals surface area contributed by atoms with Crippen LogP contribution in [0.5, 0.6) is 5.75 Å². The van der Waals surface area contributed by atoms with E-state index in [1.165, 1.54) is 25.3 Å². The zero-order valence-corrected chi connectivity index (χ0v) is 10.8. The van der Waals surface area contributed by atoms with Crippen LogP contribution >= 0.6 is 0 Å². The minimum atomic E-state index is -0.451. The van der Waals surface area contributed by atoms with E-state index in [-0.39, 0.29) is 17.6 Å². The van der Waals surface area contributed by atoms with Gasteiger partial charge in [-0.2, -0.15) is 0 Å². The quantitative estimate of drug-likeness (QED) is 0.894. The van der Waals surface area contributed by atoms with Crippen LogP contribution in [-0.4, -0.2) is 7.11 Å². The van der Waals surface area contributed by atoms with Gasteiger partial charge < -0.3 is 10.1 Å². The Labute approximate surface area is 111 Å². The summed E-state index contributed by atoms with van der Waals surface area (Å²) in [7, 11) is 1.41. The molecule has 1 N–H and O–H groups in total. The number of rotatable bonds is 4. The largest absolute Gasteiger partial charge is 0.494 e. The molecule has 0 saturated carbocycles. The van der Waals surface area contributed by atoms with Crippen LogP contribution < -0.4 is 10.1 Å². The first-order valence-electron chi connectivity index (χ1n) is 5.96. The summed E-state index contributed by atoms with van der Waals surface area (Å²) in [6.07, 6.45) is 0. The molecule has 0 aliphatic carbocycles. The fourth-order valence-electron chi connectivity index (χ4n) is 1.91. The predicted molar refractivity (Wildman–Crippen MR) is 71.4 cm³/mol. The van der Waals surface area contributed by atoms with Crippen molar-refractivity contribution in [1.29, 1.82) is 0 Å². The van der Waals surface area contributed by atoms with Crippen LogP contribution in [0.1, 0.15) is 18.5 Å². The molecule has 1 unspecified atom stereocenters. The van der Waals surface area contributed by atoms with Crippen molar-refractivity contribution in [3.63, 3.8) is 0 Å². The standard InChI is InChI=1S/C15H15F2NO/c1-10(12-5-3-4-6-13(12)16)18-11-7-8-15(19-2)14(17)9-11/h3-10,18H,1-2H3. The summed E-state index contributed by atoms with van der Waals surface area (Å²) >= 11 is 0. The lowest BCUT2D eigenvalue weighted by molar-refractivity contribution is 0.386. The number of anilines is 1. The fraction of sp³-hybridized carbons (Fsp3) is 0.200. The SMILES string of the molecule is COc1ccc(NC(C)c2ccccc2F)cc1F. The molecule has 2 rings (SSSR count). The van der Waals surface area contributed by atoms with Gasteiger partial charge in [0, 0.05) is 17.3 Å². The van der Waals surface area contributed by atoms with E-state index >= 15 is 0 Å². The maximum atomic E-state index is 13.6. The molecule has 2 nitrogen and oxygen atoms in total. The molecule has 0 saturated heterocycles. The van der Waals surface area contributed by atoms with E-state index in [0.717, 1.165) is 0 Å². The maximum Gasteiger partial charge on any atom is 0.167 e. The highest BCUT2D eigenvalue weighted by Gasteiger charge is 2.11. The molecule has 0 amide bonds. The Bertz CT molecular complexity index is 572. The van der Waals surface area contributed by atoms with Crippen LogP contribution in [-0.2, 0) is 0 Å². The number of halogens is 2. The zero-order chi connectivity index (χ0) is 13.8. The van der Waals surface area contributed by atoms with Crippen LogP contribution in [0.2, 0.25) is 0 Å². The van der Waals surface area contributed by atoms with E-state index < -0.39 is 5.82 Å². The third-order valence-corrected chi connectivity index (χ3v) is 2.91. The highest BCUT2D eigenvalue weighted by molar-refractivity contribution is 5.49. The smallest absolute Gasteiger partial charge is 0.167 e. The molecule has 100 valence electrons. The molecule has 0 fully saturated rings.